The molecule has 1 saturated heterocycles. The Morgan fingerprint density at radius 1 is 1.25 bits per heavy atom. The smallest absolute Gasteiger partial charge is 0.319 e. The summed E-state index contributed by atoms with van der Waals surface area (Å²) in [6.45, 7) is 4.31. The fourth-order valence-electron chi connectivity index (χ4n) is 2.40. The van der Waals surface area contributed by atoms with E-state index in [1.54, 1.807) is 0 Å². The van der Waals surface area contributed by atoms with Gasteiger partial charge in [0.15, 0.2) is 0 Å². The van der Waals surface area contributed by atoms with E-state index in [0.29, 0.717) is 6.54 Å². The standard InChI is InChI=1S/C15H22N2O2S/c1-11-7-12(2)9-13(8-11)17-14(18)16-10-15(19)3-5-20-6-4-15/h7-9,19H,3-6,10H2,1-2H3,(H2,16,17,18). The first-order valence-corrected chi connectivity index (χ1v) is 8.06. The average molecular weight is 294 g/mol. The van der Waals surface area contributed by atoms with Crippen LogP contribution in [-0.2, 0) is 0 Å². The monoisotopic (exact) mass is 294 g/mol. The van der Waals surface area contributed by atoms with E-state index in [1.165, 1.54) is 0 Å². The molecule has 1 fully saturated rings. The molecule has 1 aromatic carbocycles. The zero-order valence-electron chi connectivity index (χ0n) is 12.0. The van der Waals surface area contributed by atoms with Crippen molar-refractivity contribution < 1.29 is 9.90 Å². The predicted octanol–water partition coefficient (Wildman–Crippen LogP) is 2.68. The van der Waals surface area contributed by atoms with Gasteiger partial charge in [0.05, 0.1) is 5.60 Å². The molecule has 2 rings (SSSR count). The number of nitrogens with one attached hydrogen (secondary N) is 2. The fourth-order valence-corrected chi connectivity index (χ4v) is 3.65. The summed E-state index contributed by atoms with van der Waals surface area (Å²) in [6.07, 6.45) is 1.48. The summed E-state index contributed by atoms with van der Waals surface area (Å²) in [5.41, 5.74) is 2.27. The summed E-state index contributed by atoms with van der Waals surface area (Å²) in [5, 5.41) is 15.9. The third kappa shape index (κ3) is 4.42. The lowest BCUT2D eigenvalue weighted by Gasteiger charge is -2.31. The van der Waals surface area contributed by atoms with E-state index in [4.69, 9.17) is 0 Å². The lowest BCUT2D eigenvalue weighted by molar-refractivity contribution is 0.0351. The molecule has 0 unspecified atom stereocenters. The highest BCUT2D eigenvalue weighted by atomic mass is 32.2. The SMILES string of the molecule is Cc1cc(C)cc(NC(=O)NCC2(O)CCSCC2)c1. The van der Waals surface area contributed by atoms with Crippen LogP contribution >= 0.6 is 11.8 Å². The molecule has 0 bridgehead atoms. The van der Waals surface area contributed by atoms with E-state index >= 15 is 0 Å². The van der Waals surface area contributed by atoms with Crippen molar-refractivity contribution in [3.05, 3.63) is 29.3 Å². The molecule has 1 aliphatic rings. The molecule has 1 aliphatic heterocycles. The minimum Gasteiger partial charge on any atom is -0.388 e. The van der Waals surface area contributed by atoms with Gasteiger partial charge < -0.3 is 15.7 Å². The van der Waals surface area contributed by atoms with Crippen LogP contribution in [0.15, 0.2) is 18.2 Å². The molecule has 5 heteroatoms. The van der Waals surface area contributed by atoms with Crippen molar-refractivity contribution in [2.24, 2.45) is 0 Å². The average Bonchev–Trinajstić information content (AvgIpc) is 2.36. The third-order valence-electron chi connectivity index (χ3n) is 3.48. The number of carbonyl (C=O) groups is 1. The number of anilines is 1. The number of hydrogen-bond donors (Lipinski definition) is 3. The molecule has 0 atom stereocenters. The molecule has 0 aliphatic carbocycles. The van der Waals surface area contributed by atoms with Crippen LogP contribution in [0.2, 0.25) is 0 Å². The molecule has 3 N–H and O–H groups in total. The Hall–Kier alpha value is -1.20. The molecule has 1 heterocycles. The number of rotatable bonds is 3. The van der Waals surface area contributed by atoms with Gasteiger partial charge in [-0.3, -0.25) is 0 Å². The molecule has 20 heavy (non-hydrogen) atoms. The van der Waals surface area contributed by atoms with Gasteiger partial charge in [0.2, 0.25) is 0 Å². The van der Waals surface area contributed by atoms with Gasteiger partial charge in [0.1, 0.15) is 0 Å². The number of amides is 2. The number of aryl methyl sites for hydroxylation is 2. The van der Waals surface area contributed by atoms with Crippen LogP contribution in [0.25, 0.3) is 0 Å². The van der Waals surface area contributed by atoms with Crippen LogP contribution in [0.1, 0.15) is 24.0 Å². The van der Waals surface area contributed by atoms with Crippen LogP contribution in [0.3, 0.4) is 0 Å². The minimum absolute atomic E-state index is 0.262. The second-order valence-electron chi connectivity index (χ2n) is 5.52. The zero-order valence-corrected chi connectivity index (χ0v) is 12.8. The highest BCUT2D eigenvalue weighted by Crippen LogP contribution is 2.26. The lowest BCUT2D eigenvalue weighted by Crippen LogP contribution is -2.46. The minimum atomic E-state index is -0.745. The van der Waals surface area contributed by atoms with Gasteiger partial charge in [-0.05, 0) is 61.5 Å². The number of aliphatic hydroxyl groups is 1. The van der Waals surface area contributed by atoms with E-state index in [0.717, 1.165) is 41.2 Å². The maximum Gasteiger partial charge on any atom is 0.319 e. The molecule has 0 aromatic heterocycles. The van der Waals surface area contributed by atoms with Crippen molar-refractivity contribution >= 4 is 23.5 Å². The van der Waals surface area contributed by atoms with Crippen molar-refractivity contribution in [3.63, 3.8) is 0 Å². The Morgan fingerprint density at radius 3 is 2.45 bits per heavy atom. The number of benzene rings is 1. The summed E-state index contributed by atoms with van der Waals surface area (Å²) >= 11 is 1.85. The zero-order chi connectivity index (χ0) is 14.6. The van der Waals surface area contributed by atoms with Crippen molar-refractivity contribution in [1.29, 1.82) is 0 Å². The van der Waals surface area contributed by atoms with Gasteiger partial charge in [-0.25, -0.2) is 4.79 Å². The predicted molar refractivity (Wildman–Crippen MR) is 84.4 cm³/mol. The number of hydrogen-bond acceptors (Lipinski definition) is 3. The Morgan fingerprint density at radius 2 is 1.85 bits per heavy atom. The van der Waals surface area contributed by atoms with Crippen molar-refractivity contribution in [2.45, 2.75) is 32.3 Å². The van der Waals surface area contributed by atoms with Gasteiger partial charge in [-0.15, -0.1) is 0 Å². The first-order valence-electron chi connectivity index (χ1n) is 6.90. The molecular formula is C15H22N2O2S. The number of urea groups is 1. The maximum absolute atomic E-state index is 11.9. The van der Waals surface area contributed by atoms with Gasteiger partial charge in [-0.1, -0.05) is 6.07 Å². The maximum atomic E-state index is 11.9. The summed E-state index contributed by atoms with van der Waals surface area (Å²) < 4.78 is 0. The fraction of sp³-hybridized carbons (Fsp3) is 0.533. The van der Waals surface area contributed by atoms with Crippen LogP contribution in [-0.4, -0.2) is 34.8 Å². The van der Waals surface area contributed by atoms with Gasteiger partial charge in [0.25, 0.3) is 0 Å². The molecular weight excluding hydrogens is 272 g/mol. The highest BCUT2D eigenvalue weighted by Gasteiger charge is 2.29. The second kappa shape index (κ2) is 6.50. The van der Waals surface area contributed by atoms with E-state index < -0.39 is 5.60 Å². The normalized spacial score (nSPS) is 17.6. The Labute approximate surface area is 124 Å². The largest absolute Gasteiger partial charge is 0.388 e. The summed E-state index contributed by atoms with van der Waals surface area (Å²) in [6, 6.07) is 5.66. The second-order valence-corrected chi connectivity index (χ2v) is 6.75. The van der Waals surface area contributed by atoms with Gasteiger partial charge in [0, 0.05) is 12.2 Å². The first-order chi connectivity index (χ1) is 9.47. The van der Waals surface area contributed by atoms with Crippen LogP contribution in [0.5, 0.6) is 0 Å². The number of carbonyl (C=O) groups excluding carboxylic acids is 1. The quantitative estimate of drug-likeness (QED) is 0.803. The van der Waals surface area contributed by atoms with E-state index in [2.05, 4.69) is 16.7 Å². The topological polar surface area (TPSA) is 61.4 Å². The highest BCUT2D eigenvalue weighted by molar-refractivity contribution is 7.99. The van der Waals surface area contributed by atoms with Crippen LogP contribution in [0, 0.1) is 13.8 Å². The molecule has 1 aromatic rings. The van der Waals surface area contributed by atoms with E-state index in [-0.39, 0.29) is 6.03 Å². The first kappa shape index (κ1) is 15.2. The molecule has 0 saturated carbocycles. The van der Waals surface area contributed by atoms with E-state index in [1.807, 2.05) is 37.7 Å². The van der Waals surface area contributed by atoms with Gasteiger partial charge >= 0.3 is 6.03 Å². The lowest BCUT2D eigenvalue weighted by atomic mass is 9.97. The molecule has 0 spiro atoms. The number of thioether (sulfide) groups is 1. The third-order valence-corrected chi connectivity index (χ3v) is 4.47. The Kier molecular flexibility index (Phi) is 4.94. The van der Waals surface area contributed by atoms with Crippen molar-refractivity contribution in [3.8, 4) is 0 Å². The van der Waals surface area contributed by atoms with Crippen LogP contribution in [0.4, 0.5) is 10.5 Å². The van der Waals surface area contributed by atoms with Crippen molar-refractivity contribution in [2.75, 3.05) is 23.4 Å². The van der Waals surface area contributed by atoms with Crippen molar-refractivity contribution in [1.82, 2.24) is 5.32 Å². The van der Waals surface area contributed by atoms with E-state index in [9.17, 15) is 9.90 Å². The molecule has 0 radical (unpaired) electrons. The molecule has 2 amide bonds. The Bertz CT molecular complexity index is 465. The molecule has 110 valence electrons. The summed E-state index contributed by atoms with van der Waals surface area (Å²) in [5.74, 6) is 1.91. The summed E-state index contributed by atoms with van der Waals surface area (Å²) in [4.78, 5) is 11.9. The van der Waals surface area contributed by atoms with Gasteiger partial charge in [-0.2, -0.15) is 11.8 Å². The Balaban J connectivity index is 1.86. The summed E-state index contributed by atoms with van der Waals surface area (Å²) in [7, 11) is 0. The van der Waals surface area contributed by atoms with Crippen LogP contribution < -0.4 is 10.6 Å². The molecule has 4 nitrogen and oxygen atoms in total.